The van der Waals surface area contributed by atoms with Crippen molar-refractivity contribution in [3.8, 4) is 0 Å². The number of carbonyl (C=O) groups is 3. The molecule has 1 aromatic heterocycles. The van der Waals surface area contributed by atoms with Gasteiger partial charge in [-0.25, -0.2) is 4.79 Å². The van der Waals surface area contributed by atoms with Crippen LogP contribution in [0.15, 0.2) is 60.3 Å². The number of thioether (sulfide) groups is 1. The third kappa shape index (κ3) is 8.08. The minimum atomic E-state index is -0.495. The average Bonchev–Trinajstić information content (AvgIpc) is 3.28. The lowest BCUT2D eigenvalue weighted by atomic mass is 10.0. The molecule has 0 aliphatic carbocycles. The van der Waals surface area contributed by atoms with Crippen LogP contribution in [0.1, 0.15) is 53.4 Å². The minimum absolute atomic E-state index is 0.0397. The normalized spacial score (nSPS) is 11.6. The number of amides is 2. The molecule has 0 saturated heterocycles. The van der Waals surface area contributed by atoms with Gasteiger partial charge in [0.1, 0.15) is 0 Å². The van der Waals surface area contributed by atoms with Crippen LogP contribution < -0.4 is 10.6 Å². The lowest BCUT2D eigenvalue weighted by Crippen LogP contribution is -2.34. The molecule has 206 valence electrons. The number of allylic oxidation sites excluding steroid dienone is 1. The molecule has 0 fully saturated rings. The van der Waals surface area contributed by atoms with Gasteiger partial charge in [0.25, 0.3) is 5.91 Å². The molecule has 9 nitrogen and oxygen atoms in total. The van der Waals surface area contributed by atoms with Crippen LogP contribution in [0.4, 0.5) is 5.69 Å². The highest BCUT2D eigenvalue weighted by Crippen LogP contribution is 2.27. The van der Waals surface area contributed by atoms with E-state index in [0.717, 1.165) is 0 Å². The van der Waals surface area contributed by atoms with Crippen molar-refractivity contribution >= 4 is 58.4 Å². The van der Waals surface area contributed by atoms with Crippen LogP contribution in [-0.2, 0) is 16.1 Å². The molecule has 3 aromatic rings. The fourth-order valence-corrected chi connectivity index (χ4v) is 4.87. The number of hydrogen-bond donors (Lipinski definition) is 2. The van der Waals surface area contributed by atoms with Crippen molar-refractivity contribution in [2.24, 2.45) is 5.92 Å². The number of hydrogen-bond acceptors (Lipinski definition) is 7. The lowest BCUT2D eigenvalue weighted by Gasteiger charge is -2.23. The van der Waals surface area contributed by atoms with Gasteiger partial charge in [0.05, 0.1) is 34.6 Å². The fourth-order valence-electron chi connectivity index (χ4n) is 3.63. The second kappa shape index (κ2) is 14.2. The zero-order valence-electron chi connectivity index (χ0n) is 21.7. The molecular formula is C27H29Cl2N5O4S. The molecule has 12 heteroatoms. The van der Waals surface area contributed by atoms with Gasteiger partial charge in [0.2, 0.25) is 5.91 Å². The van der Waals surface area contributed by atoms with Crippen molar-refractivity contribution in [2.45, 2.75) is 38.5 Å². The van der Waals surface area contributed by atoms with Gasteiger partial charge in [-0.2, -0.15) is 0 Å². The van der Waals surface area contributed by atoms with Crippen molar-refractivity contribution in [3.63, 3.8) is 0 Å². The first-order chi connectivity index (χ1) is 18.6. The van der Waals surface area contributed by atoms with Crippen LogP contribution in [-0.4, -0.2) is 44.9 Å². The molecule has 1 heterocycles. The predicted octanol–water partition coefficient (Wildman–Crippen LogP) is 5.81. The van der Waals surface area contributed by atoms with Gasteiger partial charge in [0.15, 0.2) is 11.0 Å². The van der Waals surface area contributed by atoms with E-state index in [0.29, 0.717) is 39.4 Å². The van der Waals surface area contributed by atoms with E-state index in [1.165, 1.54) is 17.8 Å². The van der Waals surface area contributed by atoms with Crippen LogP contribution in [0.25, 0.3) is 0 Å². The summed E-state index contributed by atoms with van der Waals surface area (Å²) in [6.45, 7) is 10.1. The Morgan fingerprint density at radius 1 is 1.15 bits per heavy atom. The molecule has 0 spiro atoms. The van der Waals surface area contributed by atoms with E-state index in [9.17, 15) is 14.4 Å². The number of ether oxygens (including phenoxy) is 1. The SMILES string of the molecule is C=CCn1c(SCC(=O)Nc2cccc(C(=O)OCC)c2)nnc1[C@@H](NC(=O)c1ccc(Cl)cc1Cl)C(C)C. The van der Waals surface area contributed by atoms with Crippen LogP contribution in [0.5, 0.6) is 0 Å². The lowest BCUT2D eigenvalue weighted by molar-refractivity contribution is -0.113. The van der Waals surface area contributed by atoms with Crippen LogP contribution >= 0.6 is 35.0 Å². The standard InChI is InChI=1S/C27H29Cl2N5O4S/c1-5-12-34-24(23(16(3)4)31-25(36)20-11-10-18(28)14-21(20)29)32-33-27(34)39-15-22(35)30-19-9-7-8-17(13-19)26(37)38-6-2/h5,7-11,13-14,16,23H,1,6,12,15H2,2-4H3,(H,30,35)(H,31,36)/t23-/m0/s1. The third-order valence-electron chi connectivity index (χ3n) is 5.45. The summed E-state index contributed by atoms with van der Waals surface area (Å²) >= 11 is 13.4. The number of nitrogens with one attached hydrogen (secondary N) is 2. The van der Waals surface area contributed by atoms with Crippen LogP contribution in [0.2, 0.25) is 10.0 Å². The second-order valence-electron chi connectivity index (χ2n) is 8.70. The van der Waals surface area contributed by atoms with Gasteiger partial charge in [-0.1, -0.05) is 61.0 Å². The maximum Gasteiger partial charge on any atom is 0.338 e. The van der Waals surface area contributed by atoms with E-state index in [4.69, 9.17) is 27.9 Å². The summed E-state index contributed by atoms with van der Waals surface area (Å²) in [5.41, 5.74) is 1.11. The summed E-state index contributed by atoms with van der Waals surface area (Å²) in [5, 5.41) is 15.6. The predicted molar refractivity (Wildman–Crippen MR) is 153 cm³/mol. The molecule has 0 saturated carbocycles. The van der Waals surface area contributed by atoms with Gasteiger partial charge in [-0.15, -0.1) is 16.8 Å². The molecule has 2 aromatic carbocycles. The zero-order chi connectivity index (χ0) is 28.5. The van der Waals surface area contributed by atoms with Gasteiger partial charge in [-0.05, 0) is 49.2 Å². The Bertz CT molecular complexity index is 1360. The Morgan fingerprint density at radius 3 is 2.59 bits per heavy atom. The van der Waals surface area contributed by atoms with Crippen molar-refractivity contribution in [3.05, 3.63) is 82.1 Å². The summed E-state index contributed by atoms with van der Waals surface area (Å²) in [5.74, 6) is -0.603. The Labute approximate surface area is 241 Å². The number of carbonyl (C=O) groups excluding carboxylic acids is 3. The quantitative estimate of drug-likeness (QED) is 0.156. The number of rotatable bonds is 12. The first kappa shape index (κ1) is 30.2. The van der Waals surface area contributed by atoms with Gasteiger partial charge in [-0.3, -0.25) is 9.59 Å². The highest BCUT2D eigenvalue weighted by molar-refractivity contribution is 7.99. The molecule has 3 rings (SSSR count). The summed E-state index contributed by atoms with van der Waals surface area (Å²) in [6.07, 6.45) is 1.69. The second-order valence-corrected chi connectivity index (χ2v) is 10.5. The average molecular weight is 591 g/mol. The fraction of sp³-hybridized carbons (Fsp3) is 0.296. The molecule has 0 radical (unpaired) electrons. The van der Waals surface area contributed by atoms with E-state index in [1.807, 2.05) is 13.8 Å². The van der Waals surface area contributed by atoms with Gasteiger partial charge >= 0.3 is 5.97 Å². The van der Waals surface area contributed by atoms with Crippen molar-refractivity contribution in [1.82, 2.24) is 20.1 Å². The Kier molecular flexibility index (Phi) is 11.0. The number of halogens is 2. The molecule has 1 atom stereocenters. The highest BCUT2D eigenvalue weighted by atomic mass is 35.5. The zero-order valence-corrected chi connectivity index (χ0v) is 24.1. The molecule has 0 aliphatic rings. The van der Waals surface area contributed by atoms with E-state index in [-0.39, 0.29) is 35.1 Å². The highest BCUT2D eigenvalue weighted by Gasteiger charge is 2.27. The first-order valence-electron chi connectivity index (χ1n) is 12.1. The summed E-state index contributed by atoms with van der Waals surface area (Å²) in [6, 6.07) is 10.7. The third-order valence-corrected chi connectivity index (χ3v) is 6.97. The van der Waals surface area contributed by atoms with Crippen LogP contribution in [0, 0.1) is 5.92 Å². The number of anilines is 1. The molecule has 39 heavy (non-hydrogen) atoms. The van der Waals surface area contributed by atoms with E-state index in [2.05, 4.69) is 27.4 Å². The first-order valence-corrected chi connectivity index (χ1v) is 13.9. The van der Waals surface area contributed by atoms with Gasteiger partial charge < -0.3 is 19.9 Å². The van der Waals surface area contributed by atoms with Gasteiger partial charge in [0, 0.05) is 17.3 Å². The molecule has 0 aliphatic heterocycles. The monoisotopic (exact) mass is 589 g/mol. The Hall–Kier alpha value is -3.34. The summed E-state index contributed by atoms with van der Waals surface area (Å²) in [4.78, 5) is 37.7. The maximum atomic E-state index is 13.0. The van der Waals surface area contributed by atoms with E-state index in [1.54, 1.807) is 54.0 Å². The van der Waals surface area contributed by atoms with Crippen molar-refractivity contribution in [2.75, 3.05) is 17.7 Å². The van der Waals surface area contributed by atoms with E-state index < -0.39 is 12.0 Å². The topological polar surface area (TPSA) is 115 Å². The number of nitrogens with zero attached hydrogens (tertiary/aromatic N) is 3. The Balaban J connectivity index is 1.74. The number of esters is 1. The Morgan fingerprint density at radius 2 is 1.92 bits per heavy atom. The summed E-state index contributed by atoms with van der Waals surface area (Å²) < 4.78 is 6.81. The molecular weight excluding hydrogens is 561 g/mol. The number of aromatic nitrogens is 3. The van der Waals surface area contributed by atoms with Crippen molar-refractivity contribution < 1.29 is 19.1 Å². The van der Waals surface area contributed by atoms with E-state index >= 15 is 0 Å². The molecule has 2 amide bonds. The molecule has 2 N–H and O–H groups in total. The molecule has 0 unspecified atom stereocenters. The minimum Gasteiger partial charge on any atom is -0.462 e. The smallest absolute Gasteiger partial charge is 0.338 e. The number of benzene rings is 2. The van der Waals surface area contributed by atoms with Crippen molar-refractivity contribution in [1.29, 1.82) is 0 Å². The largest absolute Gasteiger partial charge is 0.462 e. The molecule has 0 bridgehead atoms. The summed E-state index contributed by atoms with van der Waals surface area (Å²) in [7, 11) is 0. The maximum absolute atomic E-state index is 13.0. The van der Waals surface area contributed by atoms with Crippen LogP contribution in [0.3, 0.4) is 0 Å².